The van der Waals surface area contributed by atoms with Crippen molar-refractivity contribution in [2.45, 2.75) is 31.8 Å². The Morgan fingerprint density at radius 3 is 2.81 bits per heavy atom. The number of amides is 1. The molecule has 1 saturated carbocycles. The van der Waals surface area contributed by atoms with Crippen LogP contribution in [-0.2, 0) is 9.53 Å². The Hall–Kier alpha value is -0.320. The summed E-state index contributed by atoms with van der Waals surface area (Å²) in [6.45, 7) is 3.29. The van der Waals surface area contributed by atoms with Crippen LogP contribution in [0, 0.1) is 5.92 Å². The topological polar surface area (TPSA) is 50.4 Å². The van der Waals surface area contributed by atoms with Gasteiger partial charge in [-0.2, -0.15) is 0 Å². The molecule has 0 spiro atoms. The van der Waals surface area contributed by atoms with Gasteiger partial charge < -0.3 is 15.4 Å². The summed E-state index contributed by atoms with van der Waals surface area (Å²) in [4.78, 5) is 11.5. The van der Waals surface area contributed by atoms with Gasteiger partial charge in [-0.25, -0.2) is 0 Å². The summed E-state index contributed by atoms with van der Waals surface area (Å²) in [5.41, 5.74) is 0. The van der Waals surface area contributed by atoms with Crippen molar-refractivity contribution in [2.24, 2.45) is 5.92 Å². The molecule has 0 radical (unpaired) electrons. The van der Waals surface area contributed by atoms with Crippen molar-refractivity contribution in [1.29, 1.82) is 0 Å². The number of hydrogen-bond donors (Lipinski definition) is 2. The molecule has 1 saturated heterocycles. The Morgan fingerprint density at radius 2 is 2.25 bits per heavy atom. The molecule has 2 fully saturated rings. The van der Waals surface area contributed by atoms with E-state index in [1.165, 1.54) is 19.3 Å². The van der Waals surface area contributed by atoms with Crippen molar-refractivity contribution in [1.82, 2.24) is 10.6 Å². The molecule has 5 heteroatoms. The first-order valence-corrected chi connectivity index (χ1v) is 5.93. The van der Waals surface area contributed by atoms with Crippen LogP contribution in [0.2, 0.25) is 0 Å². The van der Waals surface area contributed by atoms with Crippen molar-refractivity contribution in [2.75, 3.05) is 26.2 Å². The molecular formula is C11H21ClN2O2. The summed E-state index contributed by atoms with van der Waals surface area (Å²) in [7, 11) is 0. The summed E-state index contributed by atoms with van der Waals surface area (Å²) in [6.07, 6.45) is 4.46. The third kappa shape index (κ3) is 4.28. The van der Waals surface area contributed by atoms with E-state index in [4.69, 9.17) is 4.74 Å². The van der Waals surface area contributed by atoms with Crippen molar-refractivity contribution in [3.63, 3.8) is 0 Å². The van der Waals surface area contributed by atoms with E-state index in [1.54, 1.807) is 0 Å². The van der Waals surface area contributed by atoms with Crippen molar-refractivity contribution < 1.29 is 9.53 Å². The maximum atomic E-state index is 11.5. The summed E-state index contributed by atoms with van der Waals surface area (Å²) in [5, 5.41) is 6.21. The maximum absolute atomic E-state index is 11.5. The molecule has 0 aromatic rings. The predicted molar refractivity (Wildman–Crippen MR) is 64.8 cm³/mol. The molecule has 1 atom stereocenters. The van der Waals surface area contributed by atoms with Crippen LogP contribution in [0.4, 0.5) is 0 Å². The summed E-state index contributed by atoms with van der Waals surface area (Å²) < 4.78 is 5.47. The highest BCUT2D eigenvalue weighted by molar-refractivity contribution is 5.85. The van der Waals surface area contributed by atoms with E-state index >= 15 is 0 Å². The molecular weight excluding hydrogens is 228 g/mol. The Kier molecular flexibility index (Phi) is 6.09. The van der Waals surface area contributed by atoms with Gasteiger partial charge in [0.05, 0.1) is 19.1 Å². The Balaban J connectivity index is 0.00000128. The minimum Gasteiger partial charge on any atom is -0.375 e. The Morgan fingerprint density at radius 1 is 1.44 bits per heavy atom. The van der Waals surface area contributed by atoms with Crippen LogP contribution in [0.25, 0.3) is 0 Å². The molecule has 2 rings (SSSR count). The number of hydrogen-bond acceptors (Lipinski definition) is 3. The summed E-state index contributed by atoms with van der Waals surface area (Å²) in [6, 6.07) is 0. The normalized spacial score (nSPS) is 25.4. The van der Waals surface area contributed by atoms with Crippen LogP contribution >= 0.6 is 12.4 Å². The van der Waals surface area contributed by atoms with Crippen LogP contribution in [-0.4, -0.2) is 38.3 Å². The van der Waals surface area contributed by atoms with E-state index < -0.39 is 0 Å². The van der Waals surface area contributed by atoms with Gasteiger partial charge in [0.1, 0.15) is 0 Å². The minimum atomic E-state index is 0. The SMILES string of the molecule is Cl.O=C(CC1CNCCO1)NCC1CCC1. The molecule has 0 aromatic heterocycles. The van der Waals surface area contributed by atoms with Gasteiger partial charge in [0, 0.05) is 19.6 Å². The van der Waals surface area contributed by atoms with Crippen LogP contribution in [0.3, 0.4) is 0 Å². The monoisotopic (exact) mass is 248 g/mol. The van der Waals surface area contributed by atoms with Gasteiger partial charge in [-0.15, -0.1) is 12.4 Å². The van der Waals surface area contributed by atoms with E-state index in [1.807, 2.05) is 0 Å². The van der Waals surface area contributed by atoms with E-state index in [9.17, 15) is 4.79 Å². The van der Waals surface area contributed by atoms with Crippen molar-refractivity contribution >= 4 is 18.3 Å². The molecule has 16 heavy (non-hydrogen) atoms. The van der Waals surface area contributed by atoms with Crippen molar-refractivity contribution in [3.05, 3.63) is 0 Å². The second kappa shape index (κ2) is 7.09. The summed E-state index contributed by atoms with van der Waals surface area (Å²) in [5.74, 6) is 0.870. The van der Waals surface area contributed by atoms with Crippen LogP contribution in [0.15, 0.2) is 0 Å². The Bertz CT molecular complexity index is 216. The molecule has 1 unspecified atom stereocenters. The average molecular weight is 249 g/mol. The van der Waals surface area contributed by atoms with E-state index in [-0.39, 0.29) is 24.4 Å². The van der Waals surface area contributed by atoms with Gasteiger partial charge in [0.15, 0.2) is 0 Å². The quantitative estimate of drug-likeness (QED) is 0.770. The number of morpholine rings is 1. The number of ether oxygens (including phenoxy) is 1. The van der Waals surface area contributed by atoms with E-state index in [0.29, 0.717) is 6.42 Å². The lowest BCUT2D eigenvalue weighted by Crippen LogP contribution is -2.42. The zero-order chi connectivity index (χ0) is 10.5. The number of nitrogens with one attached hydrogen (secondary N) is 2. The van der Waals surface area contributed by atoms with E-state index in [2.05, 4.69) is 10.6 Å². The fourth-order valence-corrected chi connectivity index (χ4v) is 1.98. The van der Waals surface area contributed by atoms with Gasteiger partial charge in [-0.1, -0.05) is 6.42 Å². The lowest BCUT2D eigenvalue weighted by molar-refractivity contribution is -0.124. The van der Waals surface area contributed by atoms with Gasteiger partial charge in [-0.3, -0.25) is 4.79 Å². The smallest absolute Gasteiger partial charge is 0.222 e. The maximum Gasteiger partial charge on any atom is 0.222 e. The largest absolute Gasteiger partial charge is 0.375 e. The third-order valence-corrected chi connectivity index (χ3v) is 3.23. The molecule has 94 valence electrons. The molecule has 4 nitrogen and oxygen atoms in total. The fourth-order valence-electron chi connectivity index (χ4n) is 1.98. The van der Waals surface area contributed by atoms with Crippen LogP contribution in [0.1, 0.15) is 25.7 Å². The molecule has 0 aromatic carbocycles. The van der Waals surface area contributed by atoms with Crippen molar-refractivity contribution in [3.8, 4) is 0 Å². The van der Waals surface area contributed by atoms with Gasteiger partial charge in [-0.05, 0) is 18.8 Å². The standard InChI is InChI=1S/C11H20N2O2.ClH/c14-11(13-7-9-2-1-3-9)6-10-8-12-4-5-15-10;/h9-10,12H,1-8H2,(H,13,14);1H. The lowest BCUT2D eigenvalue weighted by atomic mass is 9.85. The highest BCUT2D eigenvalue weighted by Crippen LogP contribution is 2.25. The molecule has 1 aliphatic carbocycles. The highest BCUT2D eigenvalue weighted by Gasteiger charge is 2.20. The molecule has 1 aliphatic heterocycles. The van der Waals surface area contributed by atoms with Crippen LogP contribution in [0.5, 0.6) is 0 Å². The number of rotatable bonds is 4. The number of carbonyl (C=O) groups is 1. The third-order valence-electron chi connectivity index (χ3n) is 3.23. The lowest BCUT2D eigenvalue weighted by Gasteiger charge is -2.26. The average Bonchev–Trinajstić information content (AvgIpc) is 2.17. The van der Waals surface area contributed by atoms with Gasteiger partial charge in [0.2, 0.25) is 5.91 Å². The van der Waals surface area contributed by atoms with Gasteiger partial charge >= 0.3 is 0 Å². The Labute approximate surface area is 103 Å². The first-order chi connectivity index (χ1) is 7.34. The highest BCUT2D eigenvalue weighted by atomic mass is 35.5. The zero-order valence-corrected chi connectivity index (χ0v) is 10.4. The fraction of sp³-hybridized carbons (Fsp3) is 0.909. The number of carbonyl (C=O) groups excluding carboxylic acids is 1. The first kappa shape index (κ1) is 13.7. The molecule has 2 N–H and O–H groups in total. The second-order valence-electron chi connectivity index (χ2n) is 4.50. The molecule has 2 aliphatic rings. The second-order valence-corrected chi connectivity index (χ2v) is 4.50. The van der Waals surface area contributed by atoms with Gasteiger partial charge in [0.25, 0.3) is 0 Å². The first-order valence-electron chi connectivity index (χ1n) is 5.93. The predicted octanol–water partition coefficient (Wildman–Crippen LogP) is 0.703. The zero-order valence-electron chi connectivity index (χ0n) is 9.54. The molecule has 0 bridgehead atoms. The minimum absolute atomic E-state index is 0. The number of halogens is 1. The summed E-state index contributed by atoms with van der Waals surface area (Å²) >= 11 is 0. The van der Waals surface area contributed by atoms with Crippen LogP contribution < -0.4 is 10.6 Å². The molecule has 1 amide bonds. The molecule has 1 heterocycles. The van der Waals surface area contributed by atoms with E-state index in [0.717, 1.165) is 32.2 Å².